The Morgan fingerprint density at radius 2 is 0.775 bits per heavy atom. The first-order chi connectivity index (χ1) is 43.7. The van der Waals surface area contributed by atoms with Crippen molar-refractivity contribution in [3.63, 3.8) is 0 Å². The lowest BCUT2D eigenvalue weighted by Gasteiger charge is -2.41. The number of amides is 1. The van der Waals surface area contributed by atoms with Gasteiger partial charge in [0.1, 0.15) is 24.4 Å². The van der Waals surface area contributed by atoms with Crippen LogP contribution >= 0.6 is 0 Å². The Kier molecular flexibility index (Phi) is 62.0. The smallest absolute Gasteiger partial charge is 0.306 e. The van der Waals surface area contributed by atoms with Gasteiger partial charge in [0.05, 0.1) is 25.4 Å². The molecule has 0 aromatic carbocycles. The van der Waals surface area contributed by atoms with Crippen LogP contribution in [0.3, 0.4) is 0 Å². The third-order valence-electron chi connectivity index (χ3n) is 17.9. The standard InChI is InChI=1S/C78H143NO10/c1-4-7-10-13-16-19-22-24-26-28-30-32-34-35-36-37-38-40-42-44-46-48-51-54-57-60-63-66-73(83)89-76-75(85)74(84)72(67-80)88-78(76)87-68-69(70(81)64-61-58-55-52-49-21-18-15-12-9-6-3)79-77(86)71(82)65-62-59-56-53-50-47-45-43-41-39-33-31-29-27-25-23-20-17-14-11-8-5-2/h16-17,19-20,24-27,61,64,69-72,74-76,78,80-82,84-85H,4-15,18,21-23,28-60,62-63,65-68H2,1-3H3,(H,79,86)/b19-16-,20-17-,26-24-,27-25-,64-61+. The largest absolute Gasteiger partial charge is 0.454 e. The average molecular weight is 1250 g/mol. The summed E-state index contributed by atoms with van der Waals surface area (Å²) in [6.45, 7) is 5.79. The number of ether oxygens (including phenoxy) is 3. The second-order valence-corrected chi connectivity index (χ2v) is 26.4. The van der Waals surface area contributed by atoms with E-state index >= 15 is 0 Å². The highest BCUT2D eigenvalue weighted by Crippen LogP contribution is 2.27. The maximum absolute atomic E-state index is 13.5. The molecule has 1 heterocycles. The maximum Gasteiger partial charge on any atom is 0.306 e. The molecule has 1 saturated heterocycles. The van der Waals surface area contributed by atoms with Crippen LogP contribution in [0, 0.1) is 0 Å². The number of aliphatic hydroxyl groups excluding tert-OH is 5. The molecule has 0 aliphatic carbocycles. The number of aliphatic hydroxyl groups is 5. The number of unbranched alkanes of at least 4 members (excludes halogenated alkanes) is 44. The summed E-state index contributed by atoms with van der Waals surface area (Å²) in [6.07, 6.45) is 74.2. The van der Waals surface area contributed by atoms with E-state index in [0.717, 1.165) is 70.6 Å². The first kappa shape index (κ1) is 84.4. The molecule has 0 radical (unpaired) electrons. The second kappa shape index (κ2) is 65.4. The molecule has 520 valence electrons. The zero-order chi connectivity index (χ0) is 64.6. The molecule has 1 amide bonds. The number of nitrogens with one attached hydrogen (secondary N) is 1. The Labute approximate surface area is 548 Å². The fourth-order valence-electron chi connectivity index (χ4n) is 11.9. The number of carbonyl (C=O) groups is 2. The van der Waals surface area contributed by atoms with Gasteiger partial charge in [-0.05, 0) is 89.9 Å². The molecule has 1 aliphatic rings. The van der Waals surface area contributed by atoms with Crippen molar-refractivity contribution in [2.45, 2.75) is 410 Å². The minimum absolute atomic E-state index is 0.126. The van der Waals surface area contributed by atoms with Gasteiger partial charge in [-0.25, -0.2) is 0 Å². The van der Waals surface area contributed by atoms with Crippen molar-refractivity contribution in [2.24, 2.45) is 0 Å². The van der Waals surface area contributed by atoms with Gasteiger partial charge in [-0.3, -0.25) is 9.59 Å². The van der Waals surface area contributed by atoms with E-state index in [1.807, 2.05) is 6.08 Å². The quantitative estimate of drug-likeness (QED) is 0.0195. The van der Waals surface area contributed by atoms with Crippen LogP contribution in [0.5, 0.6) is 0 Å². The van der Waals surface area contributed by atoms with Crippen LogP contribution in [-0.2, 0) is 23.8 Å². The van der Waals surface area contributed by atoms with Crippen LogP contribution in [0.4, 0.5) is 0 Å². The van der Waals surface area contributed by atoms with Crippen molar-refractivity contribution in [2.75, 3.05) is 13.2 Å². The predicted octanol–water partition coefficient (Wildman–Crippen LogP) is 20.1. The highest BCUT2D eigenvalue weighted by atomic mass is 16.7. The summed E-state index contributed by atoms with van der Waals surface area (Å²) in [6, 6.07) is -1.02. The van der Waals surface area contributed by atoms with Crippen LogP contribution in [0.15, 0.2) is 60.8 Å². The molecular formula is C78H143NO10. The monoisotopic (exact) mass is 1250 g/mol. The Hall–Kier alpha value is -2.64. The van der Waals surface area contributed by atoms with Crippen LogP contribution in [0.2, 0.25) is 0 Å². The first-order valence-corrected chi connectivity index (χ1v) is 38.1. The lowest BCUT2D eigenvalue weighted by atomic mass is 9.99. The van der Waals surface area contributed by atoms with E-state index in [1.165, 1.54) is 244 Å². The Bertz CT molecular complexity index is 1680. The Morgan fingerprint density at radius 1 is 0.438 bits per heavy atom. The van der Waals surface area contributed by atoms with E-state index in [0.29, 0.717) is 19.3 Å². The van der Waals surface area contributed by atoms with Crippen LogP contribution < -0.4 is 5.32 Å². The molecule has 11 heteroatoms. The third kappa shape index (κ3) is 52.4. The van der Waals surface area contributed by atoms with Crippen LogP contribution in [0.1, 0.15) is 361 Å². The molecule has 0 spiro atoms. The van der Waals surface area contributed by atoms with E-state index in [1.54, 1.807) is 6.08 Å². The number of hydrogen-bond acceptors (Lipinski definition) is 10. The molecule has 0 aromatic rings. The van der Waals surface area contributed by atoms with Gasteiger partial charge in [0.25, 0.3) is 0 Å². The van der Waals surface area contributed by atoms with Gasteiger partial charge < -0.3 is 45.1 Å². The fourth-order valence-corrected chi connectivity index (χ4v) is 11.9. The SMILES string of the molecule is CCCCC/C=C\C/C=C\CCCCCCCCCCCCCCCCCCCC(=O)OC1C(OCC(NC(=O)C(O)CCCCCCCCCCCCCC/C=C\C/C=C\CCCCC)C(O)/C=C/CCCCCCCCCCC)OC(CO)C(O)C1O. The Balaban J connectivity index is 2.49. The van der Waals surface area contributed by atoms with Crippen molar-refractivity contribution in [3.05, 3.63) is 60.8 Å². The summed E-state index contributed by atoms with van der Waals surface area (Å²) in [4.78, 5) is 26.7. The van der Waals surface area contributed by atoms with Gasteiger partial charge in [-0.1, -0.05) is 326 Å². The van der Waals surface area contributed by atoms with Crippen molar-refractivity contribution >= 4 is 11.9 Å². The summed E-state index contributed by atoms with van der Waals surface area (Å²) < 4.78 is 17.7. The lowest BCUT2D eigenvalue weighted by Crippen LogP contribution is -2.61. The van der Waals surface area contributed by atoms with Gasteiger partial charge in [0.2, 0.25) is 5.91 Å². The van der Waals surface area contributed by atoms with Crippen molar-refractivity contribution in [1.29, 1.82) is 0 Å². The van der Waals surface area contributed by atoms with Gasteiger partial charge in [-0.15, -0.1) is 0 Å². The molecule has 8 unspecified atom stereocenters. The topological polar surface area (TPSA) is 175 Å². The number of esters is 1. The van der Waals surface area contributed by atoms with Gasteiger partial charge in [-0.2, -0.15) is 0 Å². The number of allylic oxidation sites excluding steroid dienone is 9. The van der Waals surface area contributed by atoms with Gasteiger partial charge in [0.15, 0.2) is 12.4 Å². The van der Waals surface area contributed by atoms with E-state index < -0.39 is 67.4 Å². The van der Waals surface area contributed by atoms with Crippen LogP contribution in [-0.4, -0.2) is 99.6 Å². The molecule has 0 aromatic heterocycles. The molecule has 8 atom stereocenters. The third-order valence-corrected chi connectivity index (χ3v) is 17.9. The second-order valence-electron chi connectivity index (χ2n) is 26.4. The van der Waals surface area contributed by atoms with Crippen molar-refractivity contribution in [1.82, 2.24) is 5.32 Å². The summed E-state index contributed by atoms with van der Waals surface area (Å²) in [5, 5.41) is 57.3. The molecule has 6 N–H and O–H groups in total. The maximum atomic E-state index is 13.5. The normalized spacial score (nSPS) is 18.4. The Morgan fingerprint density at radius 3 is 1.17 bits per heavy atom. The molecule has 89 heavy (non-hydrogen) atoms. The predicted molar refractivity (Wildman–Crippen MR) is 375 cm³/mol. The minimum atomic E-state index is -1.61. The summed E-state index contributed by atoms with van der Waals surface area (Å²) in [5.74, 6) is -1.18. The van der Waals surface area contributed by atoms with Gasteiger partial charge >= 0.3 is 5.97 Å². The number of carbonyl (C=O) groups excluding carboxylic acids is 2. The van der Waals surface area contributed by atoms with Crippen molar-refractivity contribution in [3.8, 4) is 0 Å². The molecule has 1 aliphatic heterocycles. The zero-order valence-electron chi connectivity index (χ0n) is 58.1. The van der Waals surface area contributed by atoms with Gasteiger partial charge in [0, 0.05) is 6.42 Å². The van der Waals surface area contributed by atoms with Crippen LogP contribution in [0.25, 0.3) is 0 Å². The van der Waals surface area contributed by atoms with E-state index in [-0.39, 0.29) is 13.0 Å². The average Bonchev–Trinajstić information content (AvgIpc) is 1.43. The summed E-state index contributed by atoms with van der Waals surface area (Å²) >= 11 is 0. The van der Waals surface area contributed by atoms with E-state index in [9.17, 15) is 35.1 Å². The molecular weight excluding hydrogens is 1110 g/mol. The molecule has 0 bridgehead atoms. The van der Waals surface area contributed by atoms with Crippen molar-refractivity contribution < 1.29 is 49.3 Å². The molecule has 11 nitrogen and oxygen atoms in total. The highest BCUT2D eigenvalue weighted by molar-refractivity contribution is 5.80. The minimum Gasteiger partial charge on any atom is -0.454 e. The summed E-state index contributed by atoms with van der Waals surface area (Å²) in [7, 11) is 0. The highest BCUT2D eigenvalue weighted by Gasteiger charge is 2.47. The fraction of sp³-hybridized carbons (Fsp3) is 0.846. The molecule has 0 saturated carbocycles. The van der Waals surface area contributed by atoms with E-state index in [4.69, 9.17) is 14.2 Å². The molecule has 1 fully saturated rings. The first-order valence-electron chi connectivity index (χ1n) is 38.1. The molecule has 1 rings (SSSR count). The van der Waals surface area contributed by atoms with E-state index in [2.05, 4.69) is 74.7 Å². The summed E-state index contributed by atoms with van der Waals surface area (Å²) in [5.41, 5.74) is 0. The number of hydrogen-bond donors (Lipinski definition) is 6. The lowest BCUT2D eigenvalue weighted by molar-refractivity contribution is -0.305. The number of rotatable bonds is 66. The zero-order valence-corrected chi connectivity index (χ0v) is 58.1.